The van der Waals surface area contributed by atoms with Gasteiger partial charge in [0.25, 0.3) is 0 Å². The molecule has 0 aromatic heterocycles. The normalized spacial score (nSPS) is 16.7. The number of thiocarbonyl (C=S) groups is 1. The van der Waals surface area contributed by atoms with Gasteiger partial charge in [-0.1, -0.05) is 24.3 Å². The SMILES string of the molecule is CNC(=S)N/N=C1\CCCc2ccccc21. The average Bonchev–Trinajstić information content (AvgIpc) is 2.35. The Morgan fingerprint density at radius 3 is 2.94 bits per heavy atom. The third-order valence-electron chi connectivity index (χ3n) is 2.71. The Morgan fingerprint density at radius 1 is 1.31 bits per heavy atom. The van der Waals surface area contributed by atoms with Crippen LogP contribution in [0, 0.1) is 0 Å². The van der Waals surface area contributed by atoms with Crippen LogP contribution in [0.15, 0.2) is 29.4 Å². The van der Waals surface area contributed by atoms with E-state index in [1.54, 1.807) is 7.05 Å². The number of hydrazone groups is 1. The molecule has 1 aromatic rings. The zero-order valence-corrected chi connectivity index (χ0v) is 10.1. The van der Waals surface area contributed by atoms with Crippen LogP contribution >= 0.6 is 12.2 Å². The smallest absolute Gasteiger partial charge is 0.186 e. The summed E-state index contributed by atoms with van der Waals surface area (Å²) in [7, 11) is 1.78. The van der Waals surface area contributed by atoms with Gasteiger partial charge in [-0.3, -0.25) is 5.43 Å². The molecule has 0 fully saturated rings. The van der Waals surface area contributed by atoms with Crippen LogP contribution in [0.3, 0.4) is 0 Å². The molecule has 16 heavy (non-hydrogen) atoms. The summed E-state index contributed by atoms with van der Waals surface area (Å²) in [5.74, 6) is 0. The summed E-state index contributed by atoms with van der Waals surface area (Å²) in [6.07, 6.45) is 3.31. The Labute approximate surface area is 101 Å². The first-order valence-corrected chi connectivity index (χ1v) is 5.84. The van der Waals surface area contributed by atoms with Crippen LogP contribution in [0.1, 0.15) is 24.0 Å². The highest BCUT2D eigenvalue weighted by molar-refractivity contribution is 7.80. The lowest BCUT2D eigenvalue weighted by molar-refractivity contribution is 0.826. The first kappa shape index (κ1) is 11.1. The molecule has 0 atom stereocenters. The minimum absolute atomic E-state index is 0.551. The molecule has 0 amide bonds. The van der Waals surface area contributed by atoms with Gasteiger partial charge >= 0.3 is 0 Å². The minimum Gasteiger partial charge on any atom is -0.364 e. The summed E-state index contributed by atoms with van der Waals surface area (Å²) in [6, 6.07) is 8.42. The lowest BCUT2D eigenvalue weighted by atomic mass is 9.90. The third-order valence-corrected chi connectivity index (χ3v) is 3.00. The van der Waals surface area contributed by atoms with Crippen LogP contribution in [0.25, 0.3) is 0 Å². The van der Waals surface area contributed by atoms with Gasteiger partial charge in [-0.05, 0) is 37.0 Å². The Hall–Kier alpha value is -1.42. The quantitative estimate of drug-likeness (QED) is 0.574. The van der Waals surface area contributed by atoms with Crippen molar-refractivity contribution >= 4 is 23.0 Å². The number of hydrogen-bond acceptors (Lipinski definition) is 2. The van der Waals surface area contributed by atoms with E-state index >= 15 is 0 Å². The van der Waals surface area contributed by atoms with Gasteiger partial charge in [0.05, 0.1) is 5.71 Å². The number of hydrogen-bond donors (Lipinski definition) is 2. The number of aryl methyl sites for hydroxylation is 1. The highest BCUT2D eigenvalue weighted by atomic mass is 32.1. The predicted octanol–water partition coefficient (Wildman–Crippen LogP) is 1.82. The van der Waals surface area contributed by atoms with E-state index in [2.05, 4.69) is 40.1 Å². The molecule has 0 unspecified atom stereocenters. The van der Waals surface area contributed by atoms with Gasteiger partial charge in [-0.2, -0.15) is 5.10 Å². The van der Waals surface area contributed by atoms with Crippen LogP contribution < -0.4 is 10.7 Å². The summed E-state index contributed by atoms with van der Waals surface area (Å²) in [5.41, 5.74) is 6.58. The molecule has 1 aliphatic rings. The van der Waals surface area contributed by atoms with Crippen molar-refractivity contribution < 1.29 is 0 Å². The molecule has 0 heterocycles. The zero-order valence-electron chi connectivity index (χ0n) is 9.29. The van der Waals surface area contributed by atoms with Crippen molar-refractivity contribution in [2.24, 2.45) is 5.10 Å². The van der Waals surface area contributed by atoms with Crippen LogP contribution in [0.5, 0.6) is 0 Å². The van der Waals surface area contributed by atoms with E-state index in [1.807, 2.05) is 0 Å². The number of nitrogens with zero attached hydrogens (tertiary/aromatic N) is 1. The highest BCUT2D eigenvalue weighted by Crippen LogP contribution is 2.20. The lowest BCUT2D eigenvalue weighted by Crippen LogP contribution is -2.30. The first-order valence-electron chi connectivity index (χ1n) is 5.44. The molecule has 3 nitrogen and oxygen atoms in total. The van der Waals surface area contributed by atoms with E-state index in [0.717, 1.165) is 25.0 Å². The largest absolute Gasteiger partial charge is 0.364 e. The predicted molar refractivity (Wildman–Crippen MR) is 70.7 cm³/mol. The summed E-state index contributed by atoms with van der Waals surface area (Å²) in [4.78, 5) is 0. The van der Waals surface area contributed by atoms with E-state index in [-0.39, 0.29) is 0 Å². The minimum atomic E-state index is 0.551. The molecule has 0 saturated carbocycles. The van der Waals surface area contributed by atoms with E-state index in [4.69, 9.17) is 12.2 Å². The molecule has 0 spiro atoms. The second-order valence-corrected chi connectivity index (χ2v) is 4.17. The highest BCUT2D eigenvalue weighted by Gasteiger charge is 2.14. The summed E-state index contributed by atoms with van der Waals surface area (Å²) >= 11 is 4.99. The standard InChI is InChI=1S/C12H15N3S/c1-13-12(16)15-14-11-8-4-6-9-5-2-3-7-10(9)11/h2-3,5,7H,4,6,8H2,1H3,(H2,13,15,16)/b14-11+. The Kier molecular flexibility index (Phi) is 3.51. The molecule has 0 aliphatic heterocycles. The molecule has 1 aromatic carbocycles. The molecule has 0 bridgehead atoms. The van der Waals surface area contributed by atoms with Crippen molar-refractivity contribution in [3.8, 4) is 0 Å². The second kappa shape index (κ2) is 5.07. The Bertz CT molecular complexity index is 426. The van der Waals surface area contributed by atoms with Gasteiger partial charge in [0.1, 0.15) is 0 Å². The summed E-state index contributed by atoms with van der Waals surface area (Å²) in [6.45, 7) is 0. The van der Waals surface area contributed by atoms with E-state index in [0.29, 0.717) is 5.11 Å². The maximum Gasteiger partial charge on any atom is 0.186 e. The van der Waals surface area contributed by atoms with Crippen LogP contribution in [0.2, 0.25) is 0 Å². The van der Waals surface area contributed by atoms with E-state index < -0.39 is 0 Å². The van der Waals surface area contributed by atoms with Crippen molar-refractivity contribution in [3.63, 3.8) is 0 Å². The molecule has 2 N–H and O–H groups in total. The fourth-order valence-electron chi connectivity index (χ4n) is 1.89. The topological polar surface area (TPSA) is 36.4 Å². The van der Waals surface area contributed by atoms with Crippen molar-refractivity contribution in [1.82, 2.24) is 10.7 Å². The summed E-state index contributed by atoms with van der Waals surface area (Å²) < 4.78 is 0. The van der Waals surface area contributed by atoms with Crippen molar-refractivity contribution in [1.29, 1.82) is 0 Å². The van der Waals surface area contributed by atoms with E-state index in [1.165, 1.54) is 11.1 Å². The third kappa shape index (κ3) is 2.39. The maximum absolute atomic E-state index is 4.99. The number of benzene rings is 1. The molecular weight excluding hydrogens is 218 g/mol. The lowest BCUT2D eigenvalue weighted by Gasteiger charge is -2.17. The molecule has 4 heteroatoms. The van der Waals surface area contributed by atoms with Crippen molar-refractivity contribution in [3.05, 3.63) is 35.4 Å². The van der Waals surface area contributed by atoms with Crippen molar-refractivity contribution in [2.45, 2.75) is 19.3 Å². The molecule has 2 rings (SSSR count). The number of fused-ring (bicyclic) bond motifs is 1. The van der Waals surface area contributed by atoms with Gasteiger partial charge in [0.2, 0.25) is 0 Å². The fraction of sp³-hybridized carbons (Fsp3) is 0.333. The fourth-order valence-corrected chi connectivity index (χ4v) is 1.94. The monoisotopic (exact) mass is 233 g/mol. The molecule has 84 valence electrons. The van der Waals surface area contributed by atoms with Gasteiger partial charge < -0.3 is 5.32 Å². The van der Waals surface area contributed by atoms with E-state index in [9.17, 15) is 0 Å². The Morgan fingerprint density at radius 2 is 2.12 bits per heavy atom. The first-order chi connectivity index (χ1) is 7.81. The van der Waals surface area contributed by atoms with Gasteiger partial charge in [0, 0.05) is 12.6 Å². The van der Waals surface area contributed by atoms with Gasteiger partial charge in [0.15, 0.2) is 5.11 Å². The number of nitrogens with one attached hydrogen (secondary N) is 2. The Balaban J connectivity index is 2.21. The van der Waals surface area contributed by atoms with Gasteiger partial charge in [-0.15, -0.1) is 0 Å². The molecular formula is C12H15N3S. The second-order valence-electron chi connectivity index (χ2n) is 3.76. The van der Waals surface area contributed by atoms with Gasteiger partial charge in [-0.25, -0.2) is 0 Å². The maximum atomic E-state index is 4.99. The molecule has 0 saturated heterocycles. The van der Waals surface area contributed by atoms with Crippen LogP contribution in [-0.4, -0.2) is 17.9 Å². The molecule has 0 radical (unpaired) electrons. The number of rotatable bonds is 1. The average molecular weight is 233 g/mol. The molecule has 1 aliphatic carbocycles. The van der Waals surface area contributed by atoms with Crippen LogP contribution in [0.4, 0.5) is 0 Å². The summed E-state index contributed by atoms with van der Waals surface area (Å²) in [5, 5.41) is 7.75. The van der Waals surface area contributed by atoms with Crippen LogP contribution in [-0.2, 0) is 6.42 Å². The van der Waals surface area contributed by atoms with Crippen molar-refractivity contribution in [2.75, 3.05) is 7.05 Å². The zero-order chi connectivity index (χ0) is 11.4.